The van der Waals surface area contributed by atoms with E-state index in [1.54, 1.807) is 19.1 Å². The summed E-state index contributed by atoms with van der Waals surface area (Å²) >= 11 is 3.59. The number of benzene rings is 3. The Bertz CT molecular complexity index is 1180. The van der Waals surface area contributed by atoms with E-state index in [0.29, 0.717) is 5.75 Å². The van der Waals surface area contributed by atoms with E-state index in [-0.39, 0.29) is 36.8 Å². The smallest absolute Gasteiger partial charge is 0.261 e. The van der Waals surface area contributed by atoms with Crippen molar-refractivity contribution in [2.24, 2.45) is 0 Å². The summed E-state index contributed by atoms with van der Waals surface area (Å²) in [6.07, 6.45) is 5.32. The maximum atomic E-state index is 13.4. The molecule has 0 aliphatic heterocycles. The molecule has 184 valence electrons. The van der Waals surface area contributed by atoms with Crippen LogP contribution in [0, 0.1) is 5.82 Å². The topological polar surface area (TPSA) is 58.6 Å². The number of carbonyl (C=O) groups excluding carboxylic acids is 2. The Morgan fingerprint density at radius 2 is 1.77 bits per heavy atom. The fourth-order valence-corrected chi connectivity index (χ4v) is 5.09. The zero-order chi connectivity index (χ0) is 24.8. The fraction of sp³-hybridized carbons (Fsp3) is 0.357. The van der Waals surface area contributed by atoms with Crippen LogP contribution in [0.4, 0.5) is 4.39 Å². The van der Waals surface area contributed by atoms with Crippen molar-refractivity contribution in [1.82, 2.24) is 10.2 Å². The van der Waals surface area contributed by atoms with Gasteiger partial charge in [0.1, 0.15) is 17.6 Å². The van der Waals surface area contributed by atoms with Crippen molar-refractivity contribution in [3.05, 3.63) is 76.5 Å². The van der Waals surface area contributed by atoms with Gasteiger partial charge in [-0.25, -0.2) is 4.39 Å². The zero-order valence-corrected chi connectivity index (χ0v) is 21.4. The van der Waals surface area contributed by atoms with Gasteiger partial charge in [0.15, 0.2) is 6.61 Å². The van der Waals surface area contributed by atoms with E-state index in [4.69, 9.17) is 4.74 Å². The Kier molecular flexibility index (Phi) is 8.39. The Hall–Kier alpha value is -2.93. The first-order valence-corrected chi connectivity index (χ1v) is 12.9. The average Bonchev–Trinajstić information content (AvgIpc) is 2.88. The first-order valence-electron chi connectivity index (χ1n) is 12.1. The molecule has 7 heteroatoms. The molecule has 1 aliphatic carbocycles. The summed E-state index contributed by atoms with van der Waals surface area (Å²) in [5.41, 5.74) is 0.740. The predicted molar refractivity (Wildman–Crippen MR) is 139 cm³/mol. The summed E-state index contributed by atoms with van der Waals surface area (Å²) in [6.45, 7) is 1.69. The molecule has 1 fully saturated rings. The van der Waals surface area contributed by atoms with Crippen LogP contribution in [0.15, 0.2) is 65.1 Å². The average molecular weight is 541 g/mol. The fourth-order valence-electron chi connectivity index (χ4n) is 4.49. The molecule has 0 aromatic heterocycles. The number of hydrogen-bond acceptors (Lipinski definition) is 3. The van der Waals surface area contributed by atoms with Crippen LogP contribution in [-0.4, -0.2) is 35.4 Å². The van der Waals surface area contributed by atoms with Crippen molar-refractivity contribution in [2.45, 2.75) is 57.7 Å². The van der Waals surface area contributed by atoms with Gasteiger partial charge in [-0.05, 0) is 70.2 Å². The number of nitrogens with one attached hydrogen (secondary N) is 1. The van der Waals surface area contributed by atoms with Crippen LogP contribution in [0.5, 0.6) is 5.75 Å². The van der Waals surface area contributed by atoms with Crippen LogP contribution >= 0.6 is 15.9 Å². The van der Waals surface area contributed by atoms with Crippen LogP contribution in [-0.2, 0) is 16.1 Å². The third-order valence-corrected chi connectivity index (χ3v) is 7.38. The van der Waals surface area contributed by atoms with Gasteiger partial charge >= 0.3 is 0 Å². The largest absolute Gasteiger partial charge is 0.483 e. The number of hydrogen-bond donors (Lipinski definition) is 1. The van der Waals surface area contributed by atoms with Gasteiger partial charge in [-0.1, -0.05) is 61.7 Å². The Balaban J connectivity index is 1.49. The molecule has 0 unspecified atom stereocenters. The molecule has 1 N–H and O–H groups in total. The molecule has 1 saturated carbocycles. The van der Waals surface area contributed by atoms with E-state index in [1.165, 1.54) is 23.5 Å². The molecule has 5 nitrogen and oxygen atoms in total. The predicted octanol–water partition coefficient (Wildman–Crippen LogP) is 5.99. The molecule has 1 aliphatic rings. The first-order chi connectivity index (χ1) is 16.9. The van der Waals surface area contributed by atoms with Crippen molar-refractivity contribution in [1.29, 1.82) is 0 Å². The molecular formula is C28H30BrFN2O3. The number of amides is 2. The molecule has 3 aromatic rings. The molecular weight excluding hydrogens is 511 g/mol. The molecule has 35 heavy (non-hydrogen) atoms. The summed E-state index contributed by atoms with van der Waals surface area (Å²) in [5.74, 6) is -0.294. The van der Waals surface area contributed by atoms with Gasteiger partial charge < -0.3 is 15.0 Å². The second-order valence-corrected chi connectivity index (χ2v) is 9.85. The molecule has 3 aromatic carbocycles. The van der Waals surface area contributed by atoms with E-state index >= 15 is 0 Å². The standard InChI is InChI=1S/C28H30BrFN2O3/c1-19(28(34)31-23-8-3-2-4-9-23)32(17-20-11-14-22(30)15-12-20)26(33)18-35-25-16-13-21-7-5-6-10-24(21)27(25)29/h5-7,10-16,19,23H,2-4,8-9,17-18H2,1H3,(H,31,34)/t19-/m0/s1. The minimum Gasteiger partial charge on any atom is -0.483 e. The van der Waals surface area contributed by atoms with Crippen molar-refractivity contribution in [2.75, 3.05) is 6.61 Å². The maximum Gasteiger partial charge on any atom is 0.261 e. The minimum atomic E-state index is -0.696. The number of rotatable bonds is 8. The maximum absolute atomic E-state index is 13.4. The lowest BCUT2D eigenvalue weighted by Crippen LogP contribution is -2.51. The summed E-state index contributed by atoms with van der Waals surface area (Å²) < 4.78 is 20.1. The molecule has 4 rings (SSSR count). The van der Waals surface area contributed by atoms with Crippen LogP contribution < -0.4 is 10.1 Å². The molecule has 2 amide bonds. The first kappa shape index (κ1) is 25.2. The molecule has 0 heterocycles. The lowest BCUT2D eigenvalue weighted by molar-refractivity contribution is -0.142. The number of fused-ring (bicyclic) bond motifs is 1. The second kappa shape index (κ2) is 11.7. The summed E-state index contributed by atoms with van der Waals surface area (Å²) in [6, 6.07) is 17.1. The monoisotopic (exact) mass is 540 g/mol. The third-order valence-electron chi connectivity index (χ3n) is 6.56. The van der Waals surface area contributed by atoms with Gasteiger partial charge in [0.2, 0.25) is 5.91 Å². The molecule has 0 saturated heterocycles. The zero-order valence-electron chi connectivity index (χ0n) is 19.8. The summed E-state index contributed by atoms with van der Waals surface area (Å²) in [7, 11) is 0. The van der Waals surface area contributed by atoms with E-state index in [9.17, 15) is 14.0 Å². The molecule has 0 radical (unpaired) electrons. The summed E-state index contributed by atoms with van der Waals surface area (Å²) in [4.78, 5) is 27.9. The van der Waals surface area contributed by atoms with E-state index in [0.717, 1.165) is 46.5 Å². The molecule has 0 bridgehead atoms. The van der Waals surface area contributed by atoms with Gasteiger partial charge in [-0.15, -0.1) is 0 Å². The van der Waals surface area contributed by atoms with Crippen molar-refractivity contribution in [3.8, 4) is 5.75 Å². The quantitative estimate of drug-likeness (QED) is 0.382. The normalized spacial score (nSPS) is 14.9. The van der Waals surface area contributed by atoms with E-state index in [2.05, 4.69) is 21.2 Å². The van der Waals surface area contributed by atoms with Gasteiger partial charge in [-0.3, -0.25) is 9.59 Å². The summed E-state index contributed by atoms with van der Waals surface area (Å²) in [5, 5.41) is 5.16. The number of halogens is 2. The lowest BCUT2D eigenvalue weighted by atomic mass is 9.95. The highest BCUT2D eigenvalue weighted by Crippen LogP contribution is 2.33. The second-order valence-electron chi connectivity index (χ2n) is 9.06. The SMILES string of the molecule is C[C@@H](C(=O)NC1CCCCC1)N(Cc1ccc(F)cc1)C(=O)COc1ccc2ccccc2c1Br. The van der Waals surface area contributed by atoms with Crippen LogP contribution in [0.2, 0.25) is 0 Å². The van der Waals surface area contributed by atoms with Crippen molar-refractivity contribution < 1.29 is 18.7 Å². The van der Waals surface area contributed by atoms with E-state index < -0.39 is 6.04 Å². The number of nitrogens with zero attached hydrogens (tertiary/aromatic N) is 1. The highest BCUT2D eigenvalue weighted by Gasteiger charge is 2.28. The third kappa shape index (κ3) is 6.40. The molecule has 0 spiro atoms. The Morgan fingerprint density at radius 1 is 1.06 bits per heavy atom. The minimum absolute atomic E-state index is 0.145. The highest BCUT2D eigenvalue weighted by atomic mass is 79.9. The van der Waals surface area contributed by atoms with E-state index in [1.807, 2.05) is 36.4 Å². The highest BCUT2D eigenvalue weighted by molar-refractivity contribution is 9.10. The van der Waals surface area contributed by atoms with Crippen molar-refractivity contribution in [3.63, 3.8) is 0 Å². The van der Waals surface area contributed by atoms with Crippen LogP contribution in [0.1, 0.15) is 44.6 Å². The number of ether oxygens (including phenoxy) is 1. The Labute approximate surface area is 213 Å². The van der Waals surface area contributed by atoms with Crippen molar-refractivity contribution >= 4 is 38.5 Å². The van der Waals surface area contributed by atoms with Crippen LogP contribution in [0.25, 0.3) is 10.8 Å². The molecule has 1 atom stereocenters. The Morgan fingerprint density at radius 3 is 2.51 bits per heavy atom. The van der Waals surface area contributed by atoms with Gasteiger partial charge in [0.05, 0.1) is 4.47 Å². The lowest BCUT2D eigenvalue weighted by Gasteiger charge is -2.31. The van der Waals surface area contributed by atoms with Gasteiger partial charge in [0, 0.05) is 12.6 Å². The van der Waals surface area contributed by atoms with Gasteiger partial charge in [-0.2, -0.15) is 0 Å². The van der Waals surface area contributed by atoms with Crippen LogP contribution in [0.3, 0.4) is 0 Å². The van der Waals surface area contributed by atoms with Gasteiger partial charge in [0.25, 0.3) is 5.91 Å². The number of carbonyl (C=O) groups is 2.